The van der Waals surface area contributed by atoms with Gasteiger partial charge in [0.15, 0.2) is 0 Å². The molecule has 1 atom stereocenters. The van der Waals surface area contributed by atoms with Crippen LogP contribution in [-0.4, -0.2) is 18.8 Å². The van der Waals surface area contributed by atoms with Crippen molar-refractivity contribution in [2.75, 3.05) is 13.7 Å². The SMILES string of the molecule is CCCC(O)(COC)c1ccccc1. The van der Waals surface area contributed by atoms with E-state index in [0.29, 0.717) is 6.61 Å². The first-order valence-electron chi connectivity index (χ1n) is 5.00. The number of benzene rings is 1. The molecule has 0 saturated carbocycles. The van der Waals surface area contributed by atoms with Gasteiger partial charge in [0, 0.05) is 7.11 Å². The highest BCUT2D eigenvalue weighted by molar-refractivity contribution is 5.22. The Bertz CT molecular complexity index is 250. The molecule has 1 aromatic carbocycles. The first kappa shape index (κ1) is 11.2. The summed E-state index contributed by atoms with van der Waals surface area (Å²) in [6.07, 6.45) is 1.67. The molecule has 0 aliphatic heterocycles. The first-order chi connectivity index (χ1) is 6.73. The van der Waals surface area contributed by atoms with Gasteiger partial charge >= 0.3 is 0 Å². The largest absolute Gasteiger partial charge is 0.383 e. The number of methoxy groups -OCH3 is 1. The number of rotatable bonds is 5. The Morgan fingerprint density at radius 1 is 1.29 bits per heavy atom. The molecule has 1 unspecified atom stereocenters. The molecule has 0 fully saturated rings. The fourth-order valence-corrected chi connectivity index (χ4v) is 1.70. The summed E-state index contributed by atoms with van der Waals surface area (Å²) in [4.78, 5) is 0. The Morgan fingerprint density at radius 2 is 1.93 bits per heavy atom. The maximum atomic E-state index is 10.4. The third-order valence-electron chi connectivity index (χ3n) is 2.36. The molecule has 0 aliphatic carbocycles. The molecular formula is C12H18O2. The van der Waals surface area contributed by atoms with Gasteiger partial charge in [-0.05, 0) is 12.0 Å². The maximum Gasteiger partial charge on any atom is 0.113 e. The lowest BCUT2D eigenvalue weighted by molar-refractivity contribution is -0.0425. The summed E-state index contributed by atoms with van der Waals surface area (Å²) in [7, 11) is 1.61. The molecule has 2 heteroatoms. The van der Waals surface area contributed by atoms with Crippen molar-refractivity contribution in [3.05, 3.63) is 35.9 Å². The predicted molar refractivity (Wildman–Crippen MR) is 57.1 cm³/mol. The van der Waals surface area contributed by atoms with Gasteiger partial charge in [0.2, 0.25) is 0 Å². The van der Waals surface area contributed by atoms with Crippen LogP contribution in [0.1, 0.15) is 25.3 Å². The normalized spacial score (nSPS) is 15.1. The average Bonchev–Trinajstić information content (AvgIpc) is 2.20. The topological polar surface area (TPSA) is 29.5 Å². The van der Waals surface area contributed by atoms with E-state index in [1.165, 1.54) is 0 Å². The fourth-order valence-electron chi connectivity index (χ4n) is 1.70. The van der Waals surface area contributed by atoms with Gasteiger partial charge in [0.1, 0.15) is 5.60 Å². The van der Waals surface area contributed by atoms with Crippen LogP contribution in [0.4, 0.5) is 0 Å². The lowest BCUT2D eigenvalue weighted by Gasteiger charge is -2.27. The van der Waals surface area contributed by atoms with E-state index in [1.807, 2.05) is 30.3 Å². The van der Waals surface area contributed by atoms with Crippen LogP contribution >= 0.6 is 0 Å². The summed E-state index contributed by atoms with van der Waals surface area (Å²) < 4.78 is 5.06. The molecule has 0 heterocycles. The van der Waals surface area contributed by atoms with E-state index >= 15 is 0 Å². The molecule has 1 aromatic rings. The average molecular weight is 194 g/mol. The molecule has 0 saturated heterocycles. The monoisotopic (exact) mass is 194 g/mol. The Kier molecular flexibility index (Phi) is 4.11. The molecule has 14 heavy (non-hydrogen) atoms. The molecule has 2 nitrogen and oxygen atoms in total. The van der Waals surface area contributed by atoms with Crippen molar-refractivity contribution < 1.29 is 9.84 Å². The van der Waals surface area contributed by atoms with Crippen molar-refractivity contribution in [1.82, 2.24) is 0 Å². The van der Waals surface area contributed by atoms with Crippen LogP contribution in [0.5, 0.6) is 0 Å². The molecule has 0 bridgehead atoms. The molecule has 1 rings (SSSR count). The summed E-state index contributed by atoms with van der Waals surface area (Å²) in [5.41, 5.74) is 0.105. The lowest BCUT2D eigenvalue weighted by Crippen LogP contribution is -2.30. The van der Waals surface area contributed by atoms with Crippen LogP contribution in [0.3, 0.4) is 0 Å². The van der Waals surface area contributed by atoms with E-state index in [2.05, 4.69) is 6.92 Å². The van der Waals surface area contributed by atoms with E-state index in [-0.39, 0.29) is 0 Å². The Balaban J connectivity index is 2.87. The molecule has 0 radical (unpaired) electrons. The minimum atomic E-state index is -0.829. The van der Waals surface area contributed by atoms with Crippen molar-refractivity contribution >= 4 is 0 Å². The Labute approximate surface area is 85.5 Å². The smallest absolute Gasteiger partial charge is 0.113 e. The summed E-state index contributed by atoms with van der Waals surface area (Å²) >= 11 is 0. The third kappa shape index (κ3) is 2.56. The van der Waals surface area contributed by atoms with E-state index in [1.54, 1.807) is 7.11 Å². The van der Waals surface area contributed by atoms with Gasteiger partial charge in [-0.2, -0.15) is 0 Å². The van der Waals surface area contributed by atoms with Gasteiger partial charge in [-0.15, -0.1) is 0 Å². The Hall–Kier alpha value is -0.860. The van der Waals surface area contributed by atoms with Crippen molar-refractivity contribution in [2.24, 2.45) is 0 Å². The standard InChI is InChI=1S/C12H18O2/c1-3-9-12(13,10-14-2)11-7-5-4-6-8-11/h4-8,13H,3,9-10H2,1-2H3. The van der Waals surface area contributed by atoms with Crippen molar-refractivity contribution in [2.45, 2.75) is 25.4 Å². The summed E-state index contributed by atoms with van der Waals surface area (Å²) in [6.45, 7) is 2.41. The van der Waals surface area contributed by atoms with E-state index in [4.69, 9.17) is 4.74 Å². The summed E-state index contributed by atoms with van der Waals surface area (Å²) in [5.74, 6) is 0. The highest BCUT2D eigenvalue weighted by Crippen LogP contribution is 2.26. The highest BCUT2D eigenvalue weighted by Gasteiger charge is 2.27. The van der Waals surface area contributed by atoms with Crippen molar-refractivity contribution in [3.8, 4) is 0 Å². The molecule has 0 amide bonds. The van der Waals surface area contributed by atoms with Gasteiger partial charge < -0.3 is 9.84 Å². The second-order valence-electron chi connectivity index (χ2n) is 3.58. The first-order valence-corrected chi connectivity index (χ1v) is 5.00. The summed E-state index contributed by atoms with van der Waals surface area (Å²) in [5, 5.41) is 10.4. The zero-order valence-electron chi connectivity index (χ0n) is 8.86. The van der Waals surface area contributed by atoms with E-state index < -0.39 is 5.60 Å². The van der Waals surface area contributed by atoms with Gasteiger partial charge in [0.25, 0.3) is 0 Å². The van der Waals surface area contributed by atoms with Crippen LogP contribution in [0, 0.1) is 0 Å². The third-order valence-corrected chi connectivity index (χ3v) is 2.36. The van der Waals surface area contributed by atoms with Gasteiger partial charge in [-0.3, -0.25) is 0 Å². The highest BCUT2D eigenvalue weighted by atomic mass is 16.5. The van der Waals surface area contributed by atoms with E-state index in [0.717, 1.165) is 18.4 Å². The molecule has 78 valence electrons. The molecule has 0 aliphatic rings. The molecule has 0 aromatic heterocycles. The van der Waals surface area contributed by atoms with Gasteiger partial charge in [-0.1, -0.05) is 43.7 Å². The van der Waals surface area contributed by atoms with Crippen LogP contribution < -0.4 is 0 Å². The number of ether oxygens (including phenoxy) is 1. The minimum Gasteiger partial charge on any atom is -0.383 e. The van der Waals surface area contributed by atoms with Crippen molar-refractivity contribution in [3.63, 3.8) is 0 Å². The lowest BCUT2D eigenvalue weighted by atomic mass is 9.90. The van der Waals surface area contributed by atoms with Crippen LogP contribution in [-0.2, 0) is 10.3 Å². The minimum absolute atomic E-state index is 0.352. The van der Waals surface area contributed by atoms with Crippen molar-refractivity contribution in [1.29, 1.82) is 0 Å². The maximum absolute atomic E-state index is 10.4. The van der Waals surface area contributed by atoms with Crippen LogP contribution in [0.2, 0.25) is 0 Å². The zero-order valence-corrected chi connectivity index (χ0v) is 8.86. The molecular weight excluding hydrogens is 176 g/mol. The number of aliphatic hydroxyl groups is 1. The Morgan fingerprint density at radius 3 is 2.43 bits per heavy atom. The second kappa shape index (κ2) is 5.13. The second-order valence-corrected chi connectivity index (χ2v) is 3.58. The molecule has 0 spiro atoms. The fraction of sp³-hybridized carbons (Fsp3) is 0.500. The van der Waals surface area contributed by atoms with Crippen LogP contribution in [0.15, 0.2) is 30.3 Å². The predicted octanol–water partition coefficient (Wildman–Crippen LogP) is 2.32. The number of hydrogen-bond donors (Lipinski definition) is 1. The van der Waals surface area contributed by atoms with Gasteiger partial charge in [0.05, 0.1) is 6.61 Å². The molecule has 1 N–H and O–H groups in total. The summed E-state index contributed by atoms with van der Waals surface area (Å²) in [6, 6.07) is 9.70. The van der Waals surface area contributed by atoms with Crippen LogP contribution in [0.25, 0.3) is 0 Å². The number of hydrogen-bond acceptors (Lipinski definition) is 2. The van der Waals surface area contributed by atoms with Gasteiger partial charge in [-0.25, -0.2) is 0 Å². The van der Waals surface area contributed by atoms with E-state index in [9.17, 15) is 5.11 Å². The zero-order chi connectivity index (χ0) is 10.4. The quantitative estimate of drug-likeness (QED) is 0.779.